The van der Waals surface area contributed by atoms with Crippen LogP contribution < -0.4 is 0 Å². The van der Waals surface area contributed by atoms with Gasteiger partial charge in [-0.1, -0.05) is 17.7 Å². The zero-order valence-corrected chi connectivity index (χ0v) is 14.3. The number of hydrogen-bond donors (Lipinski definition) is 0. The first-order valence-corrected chi connectivity index (χ1v) is 7.59. The van der Waals surface area contributed by atoms with Crippen molar-refractivity contribution in [2.75, 3.05) is 7.11 Å². The van der Waals surface area contributed by atoms with Crippen molar-refractivity contribution < 1.29 is 18.8 Å². The summed E-state index contributed by atoms with van der Waals surface area (Å²) in [6.45, 7) is 7.86. The molecule has 0 bridgehead atoms. The number of pyridine rings is 1. The molecule has 0 saturated carbocycles. The topological polar surface area (TPSA) is 57.7 Å². The largest absolute Gasteiger partial charge is 0.469 e. The minimum absolute atomic E-state index is 0.112. The maximum Gasteiger partial charge on any atom is 0.468 e. The van der Waals surface area contributed by atoms with Gasteiger partial charge in [-0.3, -0.25) is 4.79 Å². The normalized spacial score (nSPS) is 20.7. The lowest BCUT2D eigenvalue weighted by atomic mass is 9.68. The predicted octanol–water partition coefficient (Wildman–Crippen LogP) is 3.01. The van der Waals surface area contributed by atoms with Gasteiger partial charge in [0.05, 0.1) is 24.7 Å². The Labute approximate surface area is 136 Å². The van der Waals surface area contributed by atoms with Crippen LogP contribution in [0.2, 0.25) is 5.15 Å². The summed E-state index contributed by atoms with van der Waals surface area (Å²) in [7, 11) is 0.768. The molecule has 2 rings (SSSR count). The van der Waals surface area contributed by atoms with Gasteiger partial charge in [-0.05, 0) is 39.8 Å². The molecule has 5 nitrogen and oxygen atoms in total. The molecule has 0 aromatic carbocycles. The van der Waals surface area contributed by atoms with Crippen LogP contribution in [-0.4, -0.2) is 36.4 Å². The average molecular weight is 326 g/mol. The fraction of sp³-hybridized carbons (Fsp3) is 0.600. The SMILES string of the molecule is COC(=O)CC(B1OC(C)(C)C(C)(C)O1)c1cccc(Cl)n1. The molecule has 1 aliphatic rings. The Balaban J connectivity index is 2.32. The van der Waals surface area contributed by atoms with Gasteiger partial charge in [-0.2, -0.15) is 0 Å². The Kier molecular flexibility index (Phi) is 4.85. The maximum atomic E-state index is 11.8. The number of nitrogens with zero attached hydrogens (tertiary/aromatic N) is 1. The molecule has 7 heteroatoms. The molecule has 0 amide bonds. The second-order valence-corrected chi connectivity index (χ2v) is 6.78. The summed E-state index contributed by atoms with van der Waals surface area (Å²) in [6, 6.07) is 5.29. The lowest BCUT2D eigenvalue weighted by Gasteiger charge is -2.32. The third-order valence-electron chi connectivity index (χ3n) is 4.33. The summed E-state index contributed by atoms with van der Waals surface area (Å²) >= 11 is 5.97. The minimum atomic E-state index is -0.588. The fourth-order valence-electron chi connectivity index (χ4n) is 2.29. The van der Waals surface area contributed by atoms with Crippen LogP contribution in [0.25, 0.3) is 0 Å². The number of rotatable bonds is 4. The van der Waals surface area contributed by atoms with Crippen LogP contribution in [0.5, 0.6) is 0 Å². The van der Waals surface area contributed by atoms with E-state index in [1.54, 1.807) is 12.1 Å². The number of hydrogen-bond acceptors (Lipinski definition) is 5. The van der Waals surface area contributed by atoms with E-state index in [2.05, 4.69) is 4.98 Å². The molecule has 1 saturated heterocycles. The number of ether oxygens (including phenoxy) is 1. The van der Waals surface area contributed by atoms with Crippen molar-refractivity contribution in [3.63, 3.8) is 0 Å². The molecule has 2 heterocycles. The Morgan fingerprint density at radius 1 is 1.32 bits per heavy atom. The van der Waals surface area contributed by atoms with Crippen LogP contribution in [0.4, 0.5) is 0 Å². The van der Waals surface area contributed by atoms with Crippen LogP contribution in [0.1, 0.15) is 45.6 Å². The fourth-order valence-corrected chi connectivity index (χ4v) is 2.46. The third-order valence-corrected chi connectivity index (χ3v) is 4.54. The van der Waals surface area contributed by atoms with E-state index in [1.165, 1.54) is 7.11 Å². The van der Waals surface area contributed by atoms with Crippen molar-refractivity contribution in [3.05, 3.63) is 29.0 Å². The van der Waals surface area contributed by atoms with Crippen LogP contribution in [0, 0.1) is 0 Å². The number of esters is 1. The van der Waals surface area contributed by atoms with Crippen LogP contribution in [0.3, 0.4) is 0 Å². The van der Waals surface area contributed by atoms with Crippen molar-refractivity contribution in [3.8, 4) is 0 Å². The number of aromatic nitrogens is 1. The lowest BCUT2D eigenvalue weighted by molar-refractivity contribution is -0.140. The highest BCUT2D eigenvalue weighted by molar-refractivity contribution is 6.48. The van der Waals surface area contributed by atoms with Gasteiger partial charge in [0.1, 0.15) is 5.15 Å². The summed E-state index contributed by atoms with van der Waals surface area (Å²) in [4.78, 5) is 16.1. The molecular formula is C15H21BClNO4. The summed E-state index contributed by atoms with van der Waals surface area (Å²) in [5.41, 5.74) is -0.314. The average Bonchev–Trinajstić information content (AvgIpc) is 2.64. The molecule has 1 unspecified atom stereocenters. The minimum Gasteiger partial charge on any atom is -0.469 e. The van der Waals surface area contributed by atoms with Gasteiger partial charge in [0, 0.05) is 11.5 Å². The smallest absolute Gasteiger partial charge is 0.468 e. The van der Waals surface area contributed by atoms with Gasteiger partial charge >= 0.3 is 13.1 Å². The number of carbonyl (C=O) groups excluding carboxylic acids is 1. The molecule has 1 aromatic rings. The lowest BCUT2D eigenvalue weighted by Crippen LogP contribution is -2.41. The standard InChI is InChI=1S/C15H21BClNO4/c1-14(2)15(3,4)22-16(21-14)10(9-13(19)20-5)11-7-6-8-12(17)18-11/h6-8,10H,9H2,1-5H3. The first-order chi connectivity index (χ1) is 10.2. The molecule has 0 aliphatic carbocycles. The molecule has 0 N–H and O–H groups in total. The van der Waals surface area contributed by atoms with Crippen LogP contribution >= 0.6 is 11.6 Å². The van der Waals surface area contributed by atoms with Gasteiger partial charge in [0.2, 0.25) is 0 Å². The van der Waals surface area contributed by atoms with E-state index in [0.717, 1.165) is 0 Å². The first kappa shape index (κ1) is 17.3. The Bertz CT molecular complexity index is 548. The Morgan fingerprint density at radius 3 is 2.41 bits per heavy atom. The summed E-state index contributed by atoms with van der Waals surface area (Å²) < 4.78 is 16.9. The zero-order chi connectivity index (χ0) is 16.5. The highest BCUT2D eigenvalue weighted by Gasteiger charge is 2.54. The van der Waals surface area contributed by atoms with Crippen molar-refractivity contribution >= 4 is 24.7 Å². The highest BCUT2D eigenvalue weighted by atomic mass is 35.5. The molecule has 0 spiro atoms. The van der Waals surface area contributed by atoms with Gasteiger partial charge in [0.25, 0.3) is 0 Å². The van der Waals surface area contributed by atoms with Gasteiger partial charge in [0.15, 0.2) is 0 Å². The van der Waals surface area contributed by atoms with Gasteiger partial charge < -0.3 is 14.0 Å². The number of carbonyl (C=O) groups is 1. The van der Waals surface area contributed by atoms with Gasteiger partial charge in [-0.15, -0.1) is 0 Å². The van der Waals surface area contributed by atoms with E-state index in [0.29, 0.717) is 10.8 Å². The quantitative estimate of drug-likeness (QED) is 0.484. The van der Waals surface area contributed by atoms with Crippen LogP contribution in [-0.2, 0) is 18.8 Å². The second kappa shape index (κ2) is 6.18. The third kappa shape index (κ3) is 3.45. The molecule has 1 aliphatic heterocycles. The van der Waals surface area contributed by atoms with E-state index in [4.69, 9.17) is 25.6 Å². The Morgan fingerprint density at radius 2 is 1.91 bits per heavy atom. The van der Waals surface area contributed by atoms with Gasteiger partial charge in [-0.25, -0.2) is 4.98 Å². The summed E-state index contributed by atoms with van der Waals surface area (Å²) in [6.07, 6.45) is 0.112. The monoisotopic (exact) mass is 325 g/mol. The first-order valence-electron chi connectivity index (χ1n) is 7.21. The zero-order valence-electron chi connectivity index (χ0n) is 13.6. The highest BCUT2D eigenvalue weighted by Crippen LogP contribution is 2.41. The summed E-state index contributed by atoms with van der Waals surface area (Å²) in [5, 5.41) is 0.365. The Hall–Kier alpha value is -1.11. The molecular weight excluding hydrogens is 304 g/mol. The molecule has 0 radical (unpaired) electrons. The van der Waals surface area contributed by atoms with E-state index in [-0.39, 0.29) is 18.2 Å². The molecule has 22 heavy (non-hydrogen) atoms. The van der Waals surface area contributed by atoms with Crippen molar-refractivity contribution in [1.82, 2.24) is 4.98 Å². The summed E-state index contributed by atoms with van der Waals surface area (Å²) in [5.74, 6) is -0.728. The second-order valence-electron chi connectivity index (χ2n) is 6.40. The molecule has 1 aromatic heterocycles. The van der Waals surface area contributed by atoms with Crippen molar-refractivity contribution in [2.45, 2.75) is 51.1 Å². The molecule has 120 valence electrons. The van der Waals surface area contributed by atoms with Crippen molar-refractivity contribution in [1.29, 1.82) is 0 Å². The molecule has 1 fully saturated rings. The van der Waals surface area contributed by atoms with Crippen LogP contribution in [0.15, 0.2) is 18.2 Å². The van der Waals surface area contributed by atoms with E-state index >= 15 is 0 Å². The van der Waals surface area contributed by atoms with E-state index < -0.39 is 18.3 Å². The maximum absolute atomic E-state index is 11.8. The van der Waals surface area contributed by atoms with E-state index in [9.17, 15) is 4.79 Å². The predicted molar refractivity (Wildman–Crippen MR) is 84.7 cm³/mol. The number of halogens is 1. The molecule has 1 atom stereocenters. The van der Waals surface area contributed by atoms with E-state index in [1.807, 2.05) is 33.8 Å². The van der Waals surface area contributed by atoms with Crippen molar-refractivity contribution in [2.24, 2.45) is 0 Å². The number of methoxy groups -OCH3 is 1.